The molecule has 0 aromatic carbocycles. The summed E-state index contributed by atoms with van der Waals surface area (Å²) in [5.74, 6) is 1.53. The van der Waals surface area contributed by atoms with Gasteiger partial charge in [0, 0.05) is 6.61 Å². The van der Waals surface area contributed by atoms with E-state index in [1.807, 2.05) is 0 Å². The third kappa shape index (κ3) is 4.26. The fraction of sp³-hybridized carbons (Fsp3) is 1.00. The van der Waals surface area contributed by atoms with Crippen LogP contribution in [0, 0.1) is 11.8 Å². The summed E-state index contributed by atoms with van der Waals surface area (Å²) >= 11 is 0. The smallest absolute Gasteiger partial charge is 0.0580 e. The Morgan fingerprint density at radius 3 is 2.35 bits per heavy atom. The van der Waals surface area contributed by atoms with Crippen LogP contribution in [-0.4, -0.2) is 23.9 Å². The molecule has 17 heavy (non-hydrogen) atoms. The number of hydrogen-bond acceptors (Lipinski definition) is 2. The van der Waals surface area contributed by atoms with E-state index >= 15 is 0 Å². The second kappa shape index (κ2) is 6.75. The maximum Gasteiger partial charge on any atom is 0.0580 e. The zero-order valence-electron chi connectivity index (χ0n) is 11.2. The molecular weight excluding hydrogens is 212 g/mol. The second-order valence-corrected chi connectivity index (χ2v) is 6.04. The molecule has 0 bridgehead atoms. The summed E-state index contributed by atoms with van der Waals surface area (Å²) in [7, 11) is 0. The van der Waals surface area contributed by atoms with Crippen LogP contribution in [0.5, 0.6) is 0 Å². The van der Waals surface area contributed by atoms with Crippen LogP contribution in [-0.2, 0) is 4.74 Å². The van der Waals surface area contributed by atoms with E-state index in [9.17, 15) is 5.11 Å². The molecule has 2 rings (SSSR count). The zero-order chi connectivity index (χ0) is 12.1. The maximum atomic E-state index is 10.1. The van der Waals surface area contributed by atoms with Gasteiger partial charge in [-0.25, -0.2) is 0 Å². The Kier molecular flexibility index (Phi) is 5.30. The van der Waals surface area contributed by atoms with Gasteiger partial charge in [-0.2, -0.15) is 0 Å². The van der Waals surface area contributed by atoms with Crippen LogP contribution < -0.4 is 0 Å². The summed E-state index contributed by atoms with van der Waals surface area (Å²) in [6.07, 6.45) is 11.7. The molecule has 2 nitrogen and oxygen atoms in total. The van der Waals surface area contributed by atoms with Gasteiger partial charge in [0.25, 0.3) is 0 Å². The predicted molar refractivity (Wildman–Crippen MR) is 70.0 cm³/mol. The monoisotopic (exact) mass is 240 g/mol. The Morgan fingerprint density at radius 2 is 1.71 bits per heavy atom. The number of aliphatic hydroxyl groups is 1. The molecule has 0 aromatic heterocycles. The first-order valence-corrected chi connectivity index (χ1v) is 7.57. The predicted octanol–water partition coefficient (Wildman–Crippen LogP) is 3.52. The zero-order valence-corrected chi connectivity index (χ0v) is 11.2. The van der Waals surface area contributed by atoms with Crippen molar-refractivity contribution in [3.63, 3.8) is 0 Å². The lowest BCUT2D eigenvalue weighted by atomic mass is 9.76. The van der Waals surface area contributed by atoms with Gasteiger partial charge in [0.2, 0.25) is 0 Å². The van der Waals surface area contributed by atoms with E-state index in [1.165, 1.54) is 44.9 Å². The van der Waals surface area contributed by atoms with Crippen molar-refractivity contribution in [3.05, 3.63) is 0 Å². The van der Waals surface area contributed by atoms with Crippen LogP contribution in [0.1, 0.15) is 64.7 Å². The highest BCUT2D eigenvalue weighted by Gasteiger charge is 2.31. The minimum Gasteiger partial charge on any atom is -0.393 e. The molecule has 0 amide bonds. The fourth-order valence-corrected chi connectivity index (χ4v) is 3.53. The highest BCUT2D eigenvalue weighted by Crippen LogP contribution is 2.35. The van der Waals surface area contributed by atoms with E-state index in [2.05, 4.69) is 6.92 Å². The van der Waals surface area contributed by atoms with E-state index in [0.717, 1.165) is 31.3 Å². The van der Waals surface area contributed by atoms with E-state index in [-0.39, 0.29) is 6.10 Å². The molecule has 0 radical (unpaired) electrons. The molecule has 0 saturated heterocycles. The second-order valence-electron chi connectivity index (χ2n) is 6.04. The van der Waals surface area contributed by atoms with E-state index in [4.69, 9.17) is 4.74 Å². The van der Waals surface area contributed by atoms with Gasteiger partial charge in [-0.3, -0.25) is 0 Å². The molecule has 2 heteroatoms. The first kappa shape index (κ1) is 13.4. The quantitative estimate of drug-likeness (QED) is 0.769. The minimum atomic E-state index is -0.0503. The average Bonchev–Trinajstić information content (AvgIpc) is 2.27. The molecule has 0 aliphatic heterocycles. The lowest BCUT2D eigenvalue weighted by Crippen LogP contribution is -2.34. The van der Waals surface area contributed by atoms with Crippen LogP contribution in [0.25, 0.3) is 0 Å². The van der Waals surface area contributed by atoms with Gasteiger partial charge < -0.3 is 9.84 Å². The van der Waals surface area contributed by atoms with Crippen LogP contribution >= 0.6 is 0 Å². The third-order valence-corrected chi connectivity index (χ3v) is 4.53. The summed E-state index contributed by atoms with van der Waals surface area (Å²) < 4.78 is 5.56. The average molecular weight is 240 g/mol. The largest absolute Gasteiger partial charge is 0.393 e. The molecule has 2 fully saturated rings. The highest BCUT2D eigenvalue weighted by molar-refractivity contribution is 4.83. The van der Waals surface area contributed by atoms with Crippen molar-refractivity contribution in [2.24, 2.45) is 11.8 Å². The molecule has 2 aliphatic rings. The van der Waals surface area contributed by atoms with Gasteiger partial charge in [-0.05, 0) is 44.4 Å². The number of aliphatic hydroxyl groups excluding tert-OH is 1. The summed E-state index contributed by atoms with van der Waals surface area (Å²) in [6, 6.07) is 0. The van der Waals surface area contributed by atoms with E-state index in [1.54, 1.807) is 0 Å². The Labute approximate surface area is 106 Å². The van der Waals surface area contributed by atoms with Crippen molar-refractivity contribution < 1.29 is 9.84 Å². The lowest BCUT2D eigenvalue weighted by molar-refractivity contribution is -0.0399. The van der Waals surface area contributed by atoms with Gasteiger partial charge in [0.15, 0.2) is 0 Å². The molecular formula is C15H28O2. The topological polar surface area (TPSA) is 29.5 Å². The summed E-state index contributed by atoms with van der Waals surface area (Å²) in [6.45, 7) is 2.90. The third-order valence-electron chi connectivity index (χ3n) is 4.53. The highest BCUT2D eigenvalue weighted by atomic mass is 16.5. The van der Waals surface area contributed by atoms with Gasteiger partial charge in [0.1, 0.15) is 0 Å². The van der Waals surface area contributed by atoms with Crippen molar-refractivity contribution in [2.75, 3.05) is 6.61 Å². The first-order chi connectivity index (χ1) is 8.28. The Bertz CT molecular complexity index is 205. The molecule has 1 unspecified atom stereocenters. The van der Waals surface area contributed by atoms with Crippen molar-refractivity contribution >= 4 is 0 Å². The summed E-state index contributed by atoms with van der Waals surface area (Å²) in [5, 5.41) is 10.1. The summed E-state index contributed by atoms with van der Waals surface area (Å²) in [5.41, 5.74) is 0. The van der Waals surface area contributed by atoms with Gasteiger partial charge in [0.05, 0.1) is 12.2 Å². The lowest BCUT2D eigenvalue weighted by Gasteiger charge is -2.36. The van der Waals surface area contributed by atoms with Crippen molar-refractivity contribution in [3.8, 4) is 0 Å². The standard InChI is InChI=1S/C15H28O2/c1-2-17-15-10-13(11-15)9-14(16)8-12-6-4-3-5-7-12/h12-16H,2-11H2,1H3. The molecule has 2 aliphatic carbocycles. The van der Waals surface area contributed by atoms with Crippen LogP contribution in [0.2, 0.25) is 0 Å². The van der Waals surface area contributed by atoms with Crippen molar-refractivity contribution in [1.29, 1.82) is 0 Å². The van der Waals surface area contributed by atoms with Gasteiger partial charge in [-0.1, -0.05) is 32.1 Å². The van der Waals surface area contributed by atoms with Crippen LogP contribution in [0.3, 0.4) is 0 Å². The molecule has 100 valence electrons. The summed E-state index contributed by atoms with van der Waals surface area (Å²) in [4.78, 5) is 0. The van der Waals surface area contributed by atoms with Gasteiger partial charge in [-0.15, -0.1) is 0 Å². The SMILES string of the molecule is CCOC1CC(CC(O)CC2CCCCC2)C1. The van der Waals surface area contributed by atoms with E-state index < -0.39 is 0 Å². The fourth-order valence-electron chi connectivity index (χ4n) is 3.53. The number of hydrogen-bond donors (Lipinski definition) is 1. The molecule has 2 saturated carbocycles. The Balaban J connectivity index is 1.56. The first-order valence-electron chi connectivity index (χ1n) is 7.57. The molecule has 0 spiro atoms. The number of ether oxygens (including phenoxy) is 1. The van der Waals surface area contributed by atoms with Crippen molar-refractivity contribution in [1.82, 2.24) is 0 Å². The Morgan fingerprint density at radius 1 is 1.06 bits per heavy atom. The van der Waals surface area contributed by atoms with Gasteiger partial charge >= 0.3 is 0 Å². The van der Waals surface area contributed by atoms with Crippen LogP contribution in [0.4, 0.5) is 0 Å². The number of rotatable bonds is 6. The van der Waals surface area contributed by atoms with Crippen molar-refractivity contribution in [2.45, 2.75) is 76.9 Å². The normalized spacial score (nSPS) is 32.1. The molecule has 0 aromatic rings. The molecule has 1 atom stereocenters. The Hall–Kier alpha value is -0.0800. The molecule has 0 heterocycles. The maximum absolute atomic E-state index is 10.1. The van der Waals surface area contributed by atoms with E-state index in [0.29, 0.717) is 6.10 Å². The minimum absolute atomic E-state index is 0.0503. The van der Waals surface area contributed by atoms with Crippen LogP contribution in [0.15, 0.2) is 0 Å². The molecule has 1 N–H and O–H groups in total.